The molecular weight excluding hydrogens is 279 g/mol. The van der Waals surface area contributed by atoms with E-state index in [2.05, 4.69) is 0 Å². The molecule has 0 aliphatic heterocycles. The molecule has 2 aromatic carbocycles. The SMILES string of the molecule is CN(Cc1cccc(F)c1)C(=O)c1ccc(N)cc1Cl. The summed E-state index contributed by atoms with van der Waals surface area (Å²) in [4.78, 5) is 13.8. The van der Waals surface area contributed by atoms with Crippen molar-refractivity contribution in [3.05, 3.63) is 64.4 Å². The van der Waals surface area contributed by atoms with E-state index in [0.29, 0.717) is 28.4 Å². The van der Waals surface area contributed by atoms with Gasteiger partial charge < -0.3 is 10.6 Å². The molecule has 3 nitrogen and oxygen atoms in total. The molecule has 0 aliphatic rings. The molecule has 2 aromatic rings. The zero-order chi connectivity index (χ0) is 14.7. The number of nitrogen functional groups attached to an aromatic ring is 1. The highest BCUT2D eigenvalue weighted by molar-refractivity contribution is 6.34. The fourth-order valence-corrected chi connectivity index (χ4v) is 2.16. The standard InChI is InChI=1S/C15H14ClFN2O/c1-19(9-10-3-2-4-11(17)7-10)15(20)13-6-5-12(18)8-14(13)16/h2-8H,9,18H2,1H3. The van der Waals surface area contributed by atoms with Crippen LogP contribution in [0.15, 0.2) is 42.5 Å². The molecule has 1 amide bonds. The van der Waals surface area contributed by atoms with Gasteiger partial charge >= 0.3 is 0 Å². The first-order valence-electron chi connectivity index (χ1n) is 6.02. The van der Waals surface area contributed by atoms with Gasteiger partial charge in [0, 0.05) is 19.3 Å². The van der Waals surface area contributed by atoms with Crippen LogP contribution in [0, 0.1) is 5.82 Å². The van der Waals surface area contributed by atoms with E-state index in [-0.39, 0.29) is 11.7 Å². The molecule has 20 heavy (non-hydrogen) atoms. The Bertz CT molecular complexity index is 646. The second-order valence-electron chi connectivity index (χ2n) is 4.53. The Kier molecular flexibility index (Phi) is 4.25. The number of nitrogens with zero attached hydrogens (tertiary/aromatic N) is 1. The summed E-state index contributed by atoms with van der Waals surface area (Å²) < 4.78 is 13.1. The largest absolute Gasteiger partial charge is 0.399 e. The number of amides is 1. The first kappa shape index (κ1) is 14.3. The molecule has 0 unspecified atom stereocenters. The van der Waals surface area contributed by atoms with Crippen molar-refractivity contribution in [1.82, 2.24) is 4.90 Å². The summed E-state index contributed by atoms with van der Waals surface area (Å²) in [6.07, 6.45) is 0. The summed E-state index contributed by atoms with van der Waals surface area (Å²) in [5.41, 5.74) is 7.18. The van der Waals surface area contributed by atoms with E-state index in [1.54, 1.807) is 31.3 Å². The summed E-state index contributed by atoms with van der Waals surface area (Å²) >= 11 is 6.01. The fraction of sp³-hybridized carbons (Fsp3) is 0.133. The van der Waals surface area contributed by atoms with Gasteiger partial charge in [-0.1, -0.05) is 23.7 Å². The van der Waals surface area contributed by atoms with Crippen LogP contribution in [0.25, 0.3) is 0 Å². The third-order valence-electron chi connectivity index (χ3n) is 2.88. The van der Waals surface area contributed by atoms with Crippen LogP contribution in [0.5, 0.6) is 0 Å². The molecule has 0 aliphatic carbocycles. The molecular formula is C15H14ClFN2O. The summed E-state index contributed by atoms with van der Waals surface area (Å²) in [6, 6.07) is 10.9. The number of anilines is 1. The molecule has 0 bridgehead atoms. The monoisotopic (exact) mass is 292 g/mol. The van der Waals surface area contributed by atoms with E-state index in [1.165, 1.54) is 23.1 Å². The lowest BCUT2D eigenvalue weighted by Gasteiger charge is -2.18. The Hall–Kier alpha value is -2.07. The molecule has 0 radical (unpaired) electrons. The number of benzene rings is 2. The van der Waals surface area contributed by atoms with Gasteiger partial charge in [0.2, 0.25) is 0 Å². The van der Waals surface area contributed by atoms with Gasteiger partial charge in [-0.3, -0.25) is 4.79 Å². The van der Waals surface area contributed by atoms with Crippen molar-refractivity contribution in [2.45, 2.75) is 6.54 Å². The van der Waals surface area contributed by atoms with Crippen molar-refractivity contribution in [2.75, 3.05) is 12.8 Å². The lowest BCUT2D eigenvalue weighted by atomic mass is 10.1. The maximum atomic E-state index is 13.1. The molecule has 0 saturated heterocycles. The van der Waals surface area contributed by atoms with Crippen LogP contribution in [-0.4, -0.2) is 17.9 Å². The summed E-state index contributed by atoms with van der Waals surface area (Å²) in [5, 5.41) is 0.307. The number of carbonyl (C=O) groups excluding carboxylic acids is 1. The molecule has 5 heteroatoms. The summed E-state index contributed by atoms with van der Waals surface area (Å²) in [6.45, 7) is 0.303. The van der Waals surface area contributed by atoms with Crippen LogP contribution in [0.3, 0.4) is 0 Å². The first-order chi connectivity index (χ1) is 9.47. The maximum Gasteiger partial charge on any atom is 0.255 e. The van der Waals surface area contributed by atoms with E-state index in [4.69, 9.17) is 17.3 Å². The summed E-state index contributed by atoms with van der Waals surface area (Å²) in [5.74, 6) is -0.562. The van der Waals surface area contributed by atoms with Gasteiger partial charge in [-0.15, -0.1) is 0 Å². The highest BCUT2D eigenvalue weighted by atomic mass is 35.5. The van der Waals surface area contributed by atoms with E-state index in [1.807, 2.05) is 0 Å². The minimum absolute atomic E-state index is 0.237. The number of nitrogens with two attached hydrogens (primary N) is 1. The molecule has 104 valence electrons. The average molecular weight is 293 g/mol. The lowest BCUT2D eigenvalue weighted by Crippen LogP contribution is -2.26. The molecule has 0 heterocycles. The van der Waals surface area contributed by atoms with Crippen LogP contribution in [0.4, 0.5) is 10.1 Å². The maximum absolute atomic E-state index is 13.1. The van der Waals surface area contributed by atoms with Crippen molar-refractivity contribution >= 4 is 23.2 Å². The van der Waals surface area contributed by atoms with E-state index in [9.17, 15) is 9.18 Å². The highest BCUT2D eigenvalue weighted by Gasteiger charge is 2.15. The highest BCUT2D eigenvalue weighted by Crippen LogP contribution is 2.21. The lowest BCUT2D eigenvalue weighted by molar-refractivity contribution is 0.0785. The van der Waals surface area contributed by atoms with Crippen LogP contribution in [-0.2, 0) is 6.54 Å². The van der Waals surface area contributed by atoms with Gasteiger partial charge in [0.15, 0.2) is 0 Å². The Morgan fingerprint density at radius 2 is 2.05 bits per heavy atom. The predicted molar refractivity (Wildman–Crippen MR) is 78.1 cm³/mol. The van der Waals surface area contributed by atoms with Crippen molar-refractivity contribution in [1.29, 1.82) is 0 Å². The zero-order valence-electron chi connectivity index (χ0n) is 10.9. The average Bonchev–Trinajstić information content (AvgIpc) is 2.38. The Labute approximate surface area is 121 Å². The van der Waals surface area contributed by atoms with Gasteiger partial charge in [0.05, 0.1) is 10.6 Å². The Morgan fingerprint density at radius 3 is 2.70 bits per heavy atom. The third-order valence-corrected chi connectivity index (χ3v) is 3.19. The topological polar surface area (TPSA) is 46.3 Å². The van der Waals surface area contributed by atoms with Gasteiger partial charge in [0.25, 0.3) is 5.91 Å². The van der Waals surface area contributed by atoms with Crippen molar-refractivity contribution in [3.63, 3.8) is 0 Å². The van der Waals surface area contributed by atoms with Crippen molar-refractivity contribution in [3.8, 4) is 0 Å². The number of halogens is 2. The smallest absolute Gasteiger partial charge is 0.255 e. The van der Waals surface area contributed by atoms with E-state index < -0.39 is 0 Å². The summed E-state index contributed by atoms with van der Waals surface area (Å²) in [7, 11) is 1.64. The molecule has 0 spiro atoms. The number of hydrogen-bond acceptors (Lipinski definition) is 2. The molecule has 0 aromatic heterocycles. The van der Waals surface area contributed by atoms with Gasteiger partial charge in [-0.2, -0.15) is 0 Å². The fourth-order valence-electron chi connectivity index (χ4n) is 1.89. The minimum Gasteiger partial charge on any atom is -0.399 e. The number of rotatable bonds is 3. The molecule has 2 N–H and O–H groups in total. The van der Waals surface area contributed by atoms with Crippen LogP contribution >= 0.6 is 11.6 Å². The second-order valence-corrected chi connectivity index (χ2v) is 4.94. The zero-order valence-corrected chi connectivity index (χ0v) is 11.7. The Balaban J connectivity index is 2.16. The molecule has 0 saturated carbocycles. The van der Waals surface area contributed by atoms with Crippen LogP contribution in [0.2, 0.25) is 5.02 Å². The predicted octanol–water partition coefficient (Wildman–Crippen LogP) is 3.33. The third kappa shape index (κ3) is 3.27. The second kappa shape index (κ2) is 5.92. The quantitative estimate of drug-likeness (QED) is 0.882. The van der Waals surface area contributed by atoms with Crippen LogP contribution in [0.1, 0.15) is 15.9 Å². The normalized spacial score (nSPS) is 10.3. The molecule has 0 fully saturated rings. The van der Waals surface area contributed by atoms with Crippen molar-refractivity contribution < 1.29 is 9.18 Å². The van der Waals surface area contributed by atoms with Gasteiger partial charge in [-0.25, -0.2) is 4.39 Å². The van der Waals surface area contributed by atoms with Gasteiger partial charge in [-0.05, 0) is 35.9 Å². The van der Waals surface area contributed by atoms with E-state index in [0.717, 1.165) is 0 Å². The van der Waals surface area contributed by atoms with Gasteiger partial charge in [0.1, 0.15) is 5.82 Å². The van der Waals surface area contributed by atoms with E-state index >= 15 is 0 Å². The van der Waals surface area contributed by atoms with Crippen LogP contribution < -0.4 is 5.73 Å². The number of carbonyl (C=O) groups is 1. The van der Waals surface area contributed by atoms with Crippen molar-refractivity contribution in [2.24, 2.45) is 0 Å². The first-order valence-corrected chi connectivity index (χ1v) is 6.40. The Morgan fingerprint density at radius 1 is 1.30 bits per heavy atom. The molecule has 0 atom stereocenters. The molecule has 2 rings (SSSR count). The number of hydrogen-bond donors (Lipinski definition) is 1. The minimum atomic E-state index is -0.325.